The van der Waals surface area contributed by atoms with Gasteiger partial charge in [0, 0.05) is 17.0 Å². The Hall–Kier alpha value is 0.1000. The van der Waals surface area contributed by atoms with E-state index in [1.165, 1.54) is 47.3 Å². The molecule has 2 N–H and O–H groups in total. The third kappa shape index (κ3) is 2.78. The summed E-state index contributed by atoms with van der Waals surface area (Å²) in [5, 5.41) is 0. The second-order valence-electron chi connectivity index (χ2n) is 6.08. The molecule has 0 spiro atoms. The summed E-state index contributed by atoms with van der Waals surface area (Å²) in [5.41, 5.74) is 6.34. The first kappa shape index (κ1) is 14.1. The Balaban J connectivity index is 1.87. The molecule has 1 saturated heterocycles. The fourth-order valence-corrected chi connectivity index (χ4v) is 5.71. The van der Waals surface area contributed by atoms with Gasteiger partial charge in [-0.2, -0.15) is 0 Å². The SMILES string of the molecule is CC(N)C(c1ccc(Br)s1)N1CCCC2CCCC21. The second kappa shape index (κ2) is 5.84. The molecule has 1 aliphatic heterocycles. The van der Waals surface area contributed by atoms with E-state index in [2.05, 4.69) is 39.9 Å². The van der Waals surface area contributed by atoms with Gasteiger partial charge in [-0.25, -0.2) is 0 Å². The van der Waals surface area contributed by atoms with Crippen LogP contribution in [-0.2, 0) is 0 Å². The fourth-order valence-electron chi connectivity index (χ4n) is 4.05. The maximum absolute atomic E-state index is 6.34. The number of piperidine rings is 1. The van der Waals surface area contributed by atoms with E-state index in [1.807, 2.05) is 11.3 Å². The normalized spacial score (nSPS) is 31.1. The van der Waals surface area contributed by atoms with Gasteiger partial charge < -0.3 is 5.73 Å². The molecule has 2 aliphatic rings. The number of halogens is 1. The highest BCUT2D eigenvalue weighted by atomic mass is 79.9. The summed E-state index contributed by atoms with van der Waals surface area (Å²) < 4.78 is 1.22. The molecule has 1 aromatic heterocycles. The molecule has 0 aromatic carbocycles. The summed E-state index contributed by atoms with van der Waals surface area (Å²) in [6, 6.07) is 5.80. The van der Waals surface area contributed by atoms with Crippen molar-refractivity contribution in [1.29, 1.82) is 0 Å². The van der Waals surface area contributed by atoms with Crippen molar-refractivity contribution in [3.63, 3.8) is 0 Å². The number of thiophene rings is 1. The van der Waals surface area contributed by atoms with Crippen molar-refractivity contribution in [2.24, 2.45) is 11.7 Å². The van der Waals surface area contributed by atoms with Crippen molar-refractivity contribution in [3.8, 4) is 0 Å². The molecule has 0 bridgehead atoms. The van der Waals surface area contributed by atoms with Gasteiger partial charge in [-0.3, -0.25) is 4.90 Å². The quantitative estimate of drug-likeness (QED) is 0.893. The molecule has 2 nitrogen and oxygen atoms in total. The Bertz CT molecular complexity index is 432. The maximum atomic E-state index is 6.34. The standard InChI is InChI=1S/C15H23BrN2S/c1-10(17)15(13-7-8-14(16)19-13)18-9-3-5-11-4-2-6-12(11)18/h7-8,10-12,15H,2-6,9,17H2,1H3. The minimum absolute atomic E-state index is 0.199. The van der Waals surface area contributed by atoms with Gasteiger partial charge in [0.05, 0.1) is 9.83 Å². The van der Waals surface area contributed by atoms with E-state index in [4.69, 9.17) is 5.73 Å². The fraction of sp³-hybridized carbons (Fsp3) is 0.733. The third-order valence-electron chi connectivity index (χ3n) is 4.78. The summed E-state index contributed by atoms with van der Waals surface area (Å²) in [4.78, 5) is 4.15. The Labute approximate surface area is 128 Å². The summed E-state index contributed by atoms with van der Waals surface area (Å²) in [7, 11) is 0. The zero-order chi connectivity index (χ0) is 13.4. The van der Waals surface area contributed by atoms with E-state index in [1.54, 1.807) is 0 Å². The number of nitrogens with zero attached hydrogens (tertiary/aromatic N) is 1. The number of fused-ring (bicyclic) bond motifs is 1. The van der Waals surface area contributed by atoms with Crippen LogP contribution in [0.1, 0.15) is 49.9 Å². The minimum Gasteiger partial charge on any atom is -0.326 e. The summed E-state index contributed by atoms with van der Waals surface area (Å²) in [6.07, 6.45) is 6.99. The molecule has 106 valence electrons. The van der Waals surface area contributed by atoms with E-state index < -0.39 is 0 Å². The van der Waals surface area contributed by atoms with Crippen LogP contribution in [-0.4, -0.2) is 23.5 Å². The lowest BCUT2D eigenvalue weighted by Gasteiger charge is -2.44. The lowest BCUT2D eigenvalue weighted by atomic mass is 9.89. The molecule has 2 fully saturated rings. The minimum atomic E-state index is 0.199. The van der Waals surface area contributed by atoms with Crippen molar-refractivity contribution in [3.05, 3.63) is 20.8 Å². The average molecular weight is 343 g/mol. The summed E-state index contributed by atoms with van der Waals surface area (Å²) >= 11 is 5.44. The smallest absolute Gasteiger partial charge is 0.0702 e. The highest BCUT2D eigenvalue weighted by molar-refractivity contribution is 9.11. The molecule has 4 atom stereocenters. The van der Waals surface area contributed by atoms with Crippen LogP contribution in [0.4, 0.5) is 0 Å². The molecule has 1 aromatic rings. The molecule has 1 saturated carbocycles. The second-order valence-corrected chi connectivity index (χ2v) is 8.58. The van der Waals surface area contributed by atoms with E-state index in [-0.39, 0.29) is 6.04 Å². The molecule has 19 heavy (non-hydrogen) atoms. The average Bonchev–Trinajstić information content (AvgIpc) is 2.98. The number of rotatable bonds is 3. The predicted octanol–water partition coefficient (Wildman–Crippen LogP) is 4.16. The summed E-state index contributed by atoms with van der Waals surface area (Å²) in [5.74, 6) is 0.929. The van der Waals surface area contributed by atoms with Crippen molar-refractivity contribution in [1.82, 2.24) is 4.90 Å². The van der Waals surface area contributed by atoms with E-state index in [9.17, 15) is 0 Å². The van der Waals surface area contributed by atoms with E-state index >= 15 is 0 Å². The van der Waals surface area contributed by atoms with Crippen molar-refractivity contribution in [2.75, 3.05) is 6.54 Å². The van der Waals surface area contributed by atoms with Crippen LogP contribution >= 0.6 is 27.3 Å². The monoisotopic (exact) mass is 342 g/mol. The lowest BCUT2D eigenvalue weighted by Crippen LogP contribution is -2.49. The van der Waals surface area contributed by atoms with Gasteiger partial charge in [0.25, 0.3) is 0 Å². The van der Waals surface area contributed by atoms with Gasteiger partial charge >= 0.3 is 0 Å². The van der Waals surface area contributed by atoms with Gasteiger partial charge in [-0.15, -0.1) is 11.3 Å². The van der Waals surface area contributed by atoms with Gasteiger partial charge in [0.2, 0.25) is 0 Å². The zero-order valence-electron chi connectivity index (χ0n) is 11.5. The highest BCUT2D eigenvalue weighted by Gasteiger charge is 2.39. The largest absolute Gasteiger partial charge is 0.326 e. The zero-order valence-corrected chi connectivity index (χ0v) is 13.9. The Morgan fingerprint density at radius 1 is 1.32 bits per heavy atom. The molecular formula is C15H23BrN2S. The summed E-state index contributed by atoms with van der Waals surface area (Å²) in [6.45, 7) is 3.39. The maximum Gasteiger partial charge on any atom is 0.0702 e. The van der Waals surface area contributed by atoms with Crippen LogP contribution in [0.3, 0.4) is 0 Å². The van der Waals surface area contributed by atoms with Crippen LogP contribution in [0.5, 0.6) is 0 Å². The van der Waals surface area contributed by atoms with Crippen molar-refractivity contribution >= 4 is 27.3 Å². The van der Waals surface area contributed by atoms with Gasteiger partial charge in [-0.05, 0) is 73.1 Å². The molecule has 4 unspecified atom stereocenters. The van der Waals surface area contributed by atoms with Gasteiger partial charge in [0.1, 0.15) is 0 Å². The molecule has 1 aliphatic carbocycles. The van der Waals surface area contributed by atoms with E-state index in [0.717, 1.165) is 12.0 Å². The first-order chi connectivity index (χ1) is 9.16. The first-order valence-corrected chi connectivity index (χ1v) is 9.04. The Morgan fingerprint density at radius 2 is 2.11 bits per heavy atom. The first-order valence-electron chi connectivity index (χ1n) is 7.43. The number of likely N-dealkylation sites (tertiary alicyclic amines) is 1. The van der Waals surface area contributed by atoms with Crippen molar-refractivity contribution in [2.45, 2.75) is 57.2 Å². The van der Waals surface area contributed by atoms with Crippen LogP contribution in [0.25, 0.3) is 0 Å². The van der Waals surface area contributed by atoms with Gasteiger partial charge in [0.15, 0.2) is 0 Å². The van der Waals surface area contributed by atoms with Crippen LogP contribution in [0.2, 0.25) is 0 Å². The molecular weight excluding hydrogens is 320 g/mol. The van der Waals surface area contributed by atoms with Crippen LogP contribution < -0.4 is 5.73 Å². The molecule has 2 heterocycles. The predicted molar refractivity (Wildman–Crippen MR) is 85.5 cm³/mol. The molecule has 0 amide bonds. The Kier molecular flexibility index (Phi) is 4.32. The van der Waals surface area contributed by atoms with Crippen molar-refractivity contribution < 1.29 is 0 Å². The van der Waals surface area contributed by atoms with Gasteiger partial charge in [-0.1, -0.05) is 6.42 Å². The number of hydrogen-bond acceptors (Lipinski definition) is 3. The van der Waals surface area contributed by atoms with Crippen LogP contribution in [0, 0.1) is 5.92 Å². The highest BCUT2D eigenvalue weighted by Crippen LogP contribution is 2.43. The topological polar surface area (TPSA) is 29.3 Å². The number of hydrogen-bond donors (Lipinski definition) is 1. The lowest BCUT2D eigenvalue weighted by molar-refractivity contribution is 0.0587. The molecule has 4 heteroatoms. The number of nitrogens with two attached hydrogens (primary N) is 1. The third-order valence-corrected chi connectivity index (χ3v) is 6.47. The van der Waals surface area contributed by atoms with Crippen LogP contribution in [0.15, 0.2) is 15.9 Å². The van der Waals surface area contributed by atoms with E-state index in [0.29, 0.717) is 6.04 Å². The Morgan fingerprint density at radius 3 is 2.79 bits per heavy atom. The molecule has 0 radical (unpaired) electrons. The molecule has 3 rings (SSSR count).